The molecule has 0 spiro atoms. The van der Waals surface area contributed by atoms with Gasteiger partial charge in [-0.2, -0.15) is 4.91 Å². The van der Waals surface area contributed by atoms with Crippen LogP contribution in [-0.4, -0.2) is 24.2 Å². The van der Waals surface area contributed by atoms with Crippen molar-refractivity contribution < 1.29 is 27.9 Å². The fraction of sp³-hybridized carbons (Fsp3) is 0.188. The lowest BCUT2D eigenvalue weighted by atomic mass is 10.1. The highest BCUT2D eigenvalue weighted by Gasteiger charge is 2.24. The van der Waals surface area contributed by atoms with E-state index in [9.17, 15) is 22.9 Å². The second-order valence-electron chi connectivity index (χ2n) is 5.13. The van der Waals surface area contributed by atoms with Gasteiger partial charge >= 0.3 is 0 Å². The summed E-state index contributed by atoms with van der Waals surface area (Å²) in [5.41, 5.74) is 0.198. The van der Waals surface area contributed by atoms with E-state index in [0.717, 1.165) is 12.1 Å². The van der Waals surface area contributed by atoms with Gasteiger partial charge in [0.2, 0.25) is 0 Å². The Hall–Kier alpha value is -2.25. The molecule has 2 aromatic carbocycles. The Morgan fingerprint density at radius 2 is 1.96 bits per heavy atom. The molecule has 2 rings (SSSR count). The van der Waals surface area contributed by atoms with Crippen LogP contribution in [0.15, 0.2) is 29.4 Å². The molecule has 0 radical (unpaired) electrons. The van der Waals surface area contributed by atoms with Gasteiger partial charge in [-0.15, -0.1) is 0 Å². The molecular formula is C16H13F3IN3O4. The third-order valence-electron chi connectivity index (χ3n) is 3.31. The number of hydroxylamine groups is 1. The van der Waals surface area contributed by atoms with Crippen LogP contribution < -0.4 is 10.8 Å². The molecule has 0 saturated carbocycles. The molecule has 0 bridgehead atoms. The molecule has 0 saturated heterocycles. The number of carbonyl (C=O) groups is 1. The molecule has 0 fully saturated rings. The maximum absolute atomic E-state index is 14.5. The second-order valence-corrected chi connectivity index (χ2v) is 6.37. The van der Waals surface area contributed by atoms with Gasteiger partial charge in [-0.3, -0.25) is 9.63 Å². The molecule has 0 unspecified atom stereocenters. The number of aliphatic hydroxyl groups is 1. The minimum absolute atomic E-state index is 0.194. The molecule has 0 aliphatic heterocycles. The number of anilines is 2. The number of nitrogens with one attached hydrogen (secondary N) is 2. The van der Waals surface area contributed by atoms with Gasteiger partial charge in [-0.05, 0) is 46.9 Å². The highest BCUT2D eigenvalue weighted by atomic mass is 127. The number of nitroso groups, excluding NO2 is 1. The summed E-state index contributed by atoms with van der Waals surface area (Å²) in [4.78, 5) is 27.3. The Morgan fingerprint density at radius 3 is 2.59 bits per heavy atom. The Labute approximate surface area is 165 Å². The maximum atomic E-state index is 14.5. The van der Waals surface area contributed by atoms with Gasteiger partial charge in [0.15, 0.2) is 11.6 Å². The second kappa shape index (κ2) is 9.62. The van der Waals surface area contributed by atoms with E-state index < -0.39 is 53.3 Å². The van der Waals surface area contributed by atoms with Crippen LogP contribution in [0.1, 0.15) is 15.9 Å². The average molecular weight is 495 g/mol. The average Bonchev–Trinajstić information content (AvgIpc) is 2.63. The Balaban J connectivity index is 2.50. The largest absolute Gasteiger partial charge is 0.394 e. The Morgan fingerprint density at radius 1 is 1.22 bits per heavy atom. The van der Waals surface area contributed by atoms with Crippen LogP contribution in [-0.2, 0) is 11.4 Å². The lowest BCUT2D eigenvalue weighted by Crippen LogP contribution is -2.26. The molecular weight excluding hydrogens is 482 g/mol. The summed E-state index contributed by atoms with van der Waals surface area (Å²) in [5.74, 6) is -4.62. The fourth-order valence-electron chi connectivity index (χ4n) is 2.11. The number of nitrogens with zero attached hydrogens (tertiary/aromatic N) is 1. The maximum Gasteiger partial charge on any atom is 0.277 e. The summed E-state index contributed by atoms with van der Waals surface area (Å²) >= 11 is 1.87. The highest BCUT2D eigenvalue weighted by Crippen LogP contribution is 2.30. The number of benzene rings is 2. The van der Waals surface area contributed by atoms with E-state index in [2.05, 4.69) is 15.3 Å². The van der Waals surface area contributed by atoms with Gasteiger partial charge in [0.1, 0.15) is 12.4 Å². The van der Waals surface area contributed by atoms with Crippen molar-refractivity contribution in [2.45, 2.75) is 6.54 Å². The Bertz CT molecular complexity index is 867. The monoisotopic (exact) mass is 495 g/mol. The highest BCUT2D eigenvalue weighted by molar-refractivity contribution is 14.1. The number of amides is 1. The first-order valence-corrected chi connectivity index (χ1v) is 8.52. The third kappa shape index (κ3) is 5.14. The van der Waals surface area contributed by atoms with Crippen LogP contribution >= 0.6 is 22.6 Å². The zero-order valence-corrected chi connectivity index (χ0v) is 15.7. The van der Waals surface area contributed by atoms with Crippen molar-refractivity contribution in [1.29, 1.82) is 0 Å². The fourth-order valence-corrected chi connectivity index (χ4v) is 2.56. The van der Waals surface area contributed by atoms with Gasteiger partial charge in [0.05, 0.1) is 30.2 Å². The minimum Gasteiger partial charge on any atom is -0.394 e. The predicted octanol–water partition coefficient (Wildman–Crippen LogP) is 3.37. The van der Waals surface area contributed by atoms with Gasteiger partial charge < -0.3 is 10.4 Å². The van der Waals surface area contributed by atoms with Crippen molar-refractivity contribution in [2.75, 3.05) is 18.5 Å². The van der Waals surface area contributed by atoms with E-state index in [1.54, 1.807) is 0 Å². The molecule has 2 aromatic rings. The smallest absolute Gasteiger partial charge is 0.277 e. The van der Waals surface area contributed by atoms with E-state index in [4.69, 9.17) is 5.11 Å². The van der Waals surface area contributed by atoms with Crippen LogP contribution in [0.4, 0.5) is 24.5 Å². The van der Waals surface area contributed by atoms with E-state index in [0.29, 0.717) is 3.57 Å². The van der Waals surface area contributed by atoms with Crippen LogP contribution in [0.5, 0.6) is 0 Å². The molecule has 0 aromatic heterocycles. The number of hydrogen-bond donors (Lipinski definition) is 3. The molecule has 0 heterocycles. The summed E-state index contributed by atoms with van der Waals surface area (Å²) < 4.78 is 43.3. The molecule has 144 valence electrons. The first-order chi connectivity index (χ1) is 12.9. The van der Waals surface area contributed by atoms with E-state index in [-0.39, 0.29) is 12.3 Å². The van der Waals surface area contributed by atoms with Crippen molar-refractivity contribution in [2.24, 2.45) is 5.18 Å². The van der Waals surface area contributed by atoms with Gasteiger partial charge in [-0.25, -0.2) is 18.7 Å². The molecule has 1 amide bonds. The third-order valence-corrected chi connectivity index (χ3v) is 3.98. The topological polar surface area (TPSA) is 100 Å². The van der Waals surface area contributed by atoms with Crippen LogP contribution in [0.3, 0.4) is 0 Å². The predicted molar refractivity (Wildman–Crippen MR) is 98.8 cm³/mol. The van der Waals surface area contributed by atoms with Crippen molar-refractivity contribution in [3.05, 3.63) is 61.3 Å². The quantitative estimate of drug-likeness (QED) is 0.226. The summed E-state index contributed by atoms with van der Waals surface area (Å²) in [6, 6.07) is 4.88. The first-order valence-electron chi connectivity index (χ1n) is 7.44. The van der Waals surface area contributed by atoms with Crippen LogP contribution in [0.25, 0.3) is 0 Å². The summed E-state index contributed by atoms with van der Waals surface area (Å²) in [5, 5.41) is 13.5. The molecule has 3 N–H and O–H groups in total. The SMILES string of the molecule is O=NCc1cc(C(=O)NOCCO)c(Nc2ccc(I)cc2F)c(F)c1F. The van der Waals surface area contributed by atoms with Crippen LogP contribution in [0.2, 0.25) is 0 Å². The van der Waals surface area contributed by atoms with Crippen molar-refractivity contribution >= 4 is 39.9 Å². The molecule has 11 heteroatoms. The zero-order valence-electron chi connectivity index (χ0n) is 13.6. The molecule has 7 nitrogen and oxygen atoms in total. The standard InChI is InChI=1S/C16H13F3IN3O4/c17-11-6-9(20)1-2-12(11)22-15-10(16(25)23-27-4-3-24)5-8(7-21-26)13(18)14(15)19/h1-2,5-6,22,24H,3-4,7H2,(H,23,25). The van der Waals surface area contributed by atoms with Crippen molar-refractivity contribution in [3.8, 4) is 0 Å². The van der Waals surface area contributed by atoms with E-state index >= 15 is 0 Å². The molecule has 27 heavy (non-hydrogen) atoms. The van der Waals surface area contributed by atoms with Gasteiger partial charge in [-0.1, -0.05) is 5.18 Å². The number of carbonyl (C=O) groups excluding carboxylic acids is 1. The lowest BCUT2D eigenvalue weighted by molar-refractivity contribution is 0.0168. The van der Waals surface area contributed by atoms with Crippen LogP contribution in [0, 0.1) is 25.9 Å². The summed E-state index contributed by atoms with van der Waals surface area (Å²) in [6.45, 7) is -1.34. The molecule has 0 aliphatic rings. The van der Waals surface area contributed by atoms with Gasteiger partial charge in [0.25, 0.3) is 5.91 Å². The zero-order chi connectivity index (χ0) is 20.0. The minimum atomic E-state index is -1.48. The lowest BCUT2D eigenvalue weighted by Gasteiger charge is -2.16. The van der Waals surface area contributed by atoms with Crippen molar-refractivity contribution in [3.63, 3.8) is 0 Å². The Kier molecular flexibility index (Phi) is 7.50. The first kappa shape index (κ1) is 21.1. The number of halogens is 4. The number of hydrogen-bond acceptors (Lipinski definition) is 6. The molecule has 0 aliphatic carbocycles. The molecule has 0 atom stereocenters. The number of aliphatic hydroxyl groups excluding tert-OH is 1. The summed E-state index contributed by atoms with van der Waals surface area (Å²) in [6.07, 6.45) is 0. The number of rotatable bonds is 8. The summed E-state index contributed by atoms with van der Waals surface area (Å²) in [7, 11) is 0. The van der Waals surface area contributed by atoms with Gasteiger partial charge in [0, 0.05) is 9.13 Å². The normalized spacial score (nSPS) is 10.6. The van der Waals surface area contributed by atoms with E-state index in [1.165, 1.54) is 12.1 Å². The van der Waals surface area contributed by atoms with E-state index in [1.807, 2.05) is 28.1 Å². The van der Waals surface area contributed by atoms with Crippen molar-refractivity contribution in [1.82, 2.24) is 5.48 Å².